The monoisotopic (exact) mass is 700 g/mol. The molecule has 11 rings (SSSR count). The van der Waals surface area contributed by atoms with E-state index in [-0.39, 0.29) is 5.82 Å². The Kier molecular flexibility index (Phi) is 6.60. The molecule has 8 aromatic carbocycles. The fraction of sp³-hybridized carbons (Fsp3) is 0. The van der Waals surface area contributed by atoms with E-state index >= 15 is 4.39 Å². The molecule has 250 valence electrons. The van der Waals surface area contributed by atoms with Gasteiger partial charge < -0.3 is 14.2 Å². The van der Waals surface area contributed by atoms with Crippen LogP contribution in [0.5, 0.6) is 11.5 Å². The third-order valence-electron chi connectivity index (χ3n) is 10.4. The number of anilines is 3. The number of para-hydroxylation sites is 3. The number of rotatable bonds is 5. The average Bonchev–Trinajstić information content (AvgIpc) is 3.76. The Morgan fingerprint density at radius 3 is 1.98 bits per heavy atom. The lowest BCUT2D eigenvalue weighted by Gasteiger charge is -2.27. The van der Waals surface area contributed by atoms with Crippen molar-refractivity contribution in [3.05, 3.63) is 182 Å². The summed E-state index contributed by atoms with van der Waals surface area (Å²) < 4.78 is 26.0. The van der Waals surface area contributed by atoms with Gasteiger partial charge in [0.1, 0.15) is 5.82 Å². The van der Waals surface area contributed by atoms with Gasteiger partial charge in [0, 0.05) is 53.9 Å². The van der Waals surface area contributed by atoms with Crippen molar-refractivity contribution >= 4 is 70.4 Å². The van der Waals surface area contributed by atoms with Gasteiger partial charge in [-0.15, -0.1) is 11.3 Å². The van der Waals surface area contributed by atoms with Gasteiger partial charge in [-0.1, -0.05) is 109 Å². The van der Waals surface area contributed by atoms with Crippen LogP contribution >= 0.6 is 11.3 Å². The fourth-order valence-electron chi connectivity index (χ4n) is 8.12. The van der Waals surface area contributed by atoms with Crippen LogP contribution in [0.3, 0.4) is 0 Å². The number of fused-ring (bicyclic) bond motifs is 8. The first-order valence-electron chi connectivity index (χ1n) is 17.7. The molecule has 0 bridgehead atoms. The number of nitrogens with zero attached hydrogens (tertiary/aromatic N) is 2. The van der Waals surface area contributed by atoms with Crippen LogP contribution in [-0.2, 0) is 0 Å². The van der Waals surface area contributed by atoms with Gasteiger partial charge in [-0.3, -0.25) is 0 Å². The maximum atomic E-state index is 15.0. The third kappa shape index (κ3) is 4.64. The number of thiophene rings is 1. The molecular weight excluding hydrogens is 672 g/mol. The summed E-state index contributed by atoms with van der Waals surface area (Å²) in [5, 5.41) is 4.33. The summed E-state index contributed by atoms with van der Waals surface area (Å²) in [5.41, 5.74) is 10.6. The first kappa shape index (κ1) is 30.0. The van der Waals surface area contributed by atoms with Crippen molar-refractivity contribution in [2.75, 3.05) is 4.90 Å². The molecule has 0 spiro atoms. The molecule has 0 fully saturated rings. The van der Waals surface area contributed by atoms with Crippen molar-refractivity contribution in [3.8, 4) is 39.4 Å². The standard InChI is InChI=1S/C48H29FN2OS/c49-33-28-39-37-14-8-13-36(47(37)51-40-15-5-6-17-42(40)52-43(29-33)48(39)51)32-22-26-35(27-23-32)50(34-24-20-31(21-25-34)30-10-2-1-3-11-30)41-16-9-19-45-46(41)38-12-4-7-18-44(38)53-45/h1-29H. The maximum Gasteiger partial charge on any atom is 0.155 e. The second kappa shape index (κ2) is 11.7. The number of ether oxygens (including phenoxy) is 1. The second-order valence-electron chi connectivity index (χ2n) is 13.5. The summed E-state index contributed by atoms with van der Waals surface area (Å²) in [7, 11) is 0. The molecule has 5 heteroatoms. The molecule has 0 saturated carbocycles. The van der Waals surface area contributed by atoms with E-state index in [1.807, 2.05) is 29.5 Å². The molecule has 53 heavy (non-hydrogen) atoms. The smallest absolute Gasteiger partial charge is 0.155 e. The summed E-state index contributed by atoms with van der Waals surface area (Å²) in [4.78, 5) is 2.37. The zero-order valence-electron chi connectivity index (χ0n) is 28.3. The lowest BCUT2D eigenvalue weighted by molar-refractivity contribution is 0.471. The first-order valence-corrected chi connectivity index (χ1v) is 18.5. The minimum Gasteiger partial charge on any atom is -0.453 e. The average molecular weight is 701 g/mol. The number of aromatic nitrogens is 1. The van der Waals surface area contributed by atoms with Crippen LogP contribution in [0.15, 0.2) is 176 Å². The van der Waals surface area contributed by atoms with Crippen molar-refractivity contribution in [3.63, 3.8) is 0 Å². The molecule has 2 aromatic heterocycles. The van der Waals surface area contributed by atoms with Gasteiger partial charge in [0.05, 0.1) is 22.4 Å². The van der Waals surface area contributed by atoms with Crippen molar-refractivity contribution in [2.24, 2.45) is 0 Å². The van der Waals surface area contributed by atoms with Gasteiger partial charge >= 0.3 is 0 Å². The van der Waals surface area contributed by atoms with Gasteiger partial charge in [0.2, 0.25) is 0 Å². The zero-order chi connectivity index (χ0) is 35.0. The molecule has 0 amide bonds. The van der Waals surface area contributed by atoms with Crippen molar-refractivity contribution in [1.82, 2.24) is 4.57 Å². The highest BCUT2D eigenvalue weighted by molar-refractivity contribution is 7.26. The number of benzene rings is 8. The van der Waals surface area contributed by atoms with Crippen LogP contribution in [0.25, 0.3) is 69.9 Å². The van der Waals surface area contributed by atoms with Crippen LogP contribution in [0.1, 0.15) is 0 Å². The number of halogens is 1. The van der Waals surface area contributed by atoms with Gasteiger partial charge in [-0.25, -0.2) is 4.39 Å². The Bertz CT molecular complexity index is 3040. The molecule has 0 N–H and O–H groups in total. The van der Waals surface area contributed by atoms with Crippen molar-refractivity contribution in [2.45, 2.75) is 0 Å². The van der Waals surface area contributed by atoms with Crippen LogP contribution in [0.4, 0.5) is 21.5 Å². The largest absolute Gasteiger partial charge is 0.453 e. The highest BCUT2D eigenvalue weighted by Crippen LogP contribution is 2.49. The van der Waals surface area contributed by atoms with Gasteiger partial charge in [0.25, 0.3) is 0 Å². The van der Waals surface area contributed by atoms with Crippen molar-refractivity contribution in [1.29, 1.82) is 0 Å². The minimum atomic E-state index is -0.314. The Morgan fingerprint density at radius 1 is 0.491 bits per heavy atom. The Morgan fingerprint density at radius 2 is 1.15 bits per heavy atom. The predicted octanol–water partition coefficient (Wildman–Crippen LogP) is 14.2. The van der Waals surface area contributed by atoms with Crippen LogP contribution in [0, 0.1) is 5.82 Å². The topological polar surface area (TPSA) is 17.4 Å². The lowest BCUT2D eigenvalue weighted by atomic mass is 10.0. The predicted molar refractivity (Wildman–Crippen MR) is 219 cm³/mol. The van der Waals surface area contributed by atoms with Crippen molar-refractivity contribution < 1.29 is 9.13 Å². The lowest BCUT2D eigenvalue weighted by Crippen LogP contribution is -2.10. The van der Waals surface area contributed by atoms with E-state index in [2.05, 4.69) is 155 Å². The Hall–Kier alpha value is -6.69. The summed E-state index contributed by atoms with van der Waals surface area (Å²) >= 11 is 1.83. The Balaban J connectivity index is 1.10. The van der Waals surface area contributed by atoms with Gasteiger partial charge in [-0.2, -0.15) is 0 Å². The van der Waals surface area contributed by atoms with E-state index in [1.165, 1.54) is 37.4 Å². The molecule has 1 aliphatic heterocycles. The highest BCUT2D eigenvalue weighted by atomic mass is 32.1. The number of hydrogen-bond donors (Lipinski definition) is 0. The molecule has 3 heterocycles. The molecule has 3 nitrogen and oxygen atoms in total. The number of hydrogen-bond acceptors (Lipinski definition) is 3. The minimum absolute atomic E-state index is 0.314. The second-order valence-corrected chi connectivity index (χ2v) is 14.5. The van der Waals surface area contributed by atoms with Gasteiger partial charge in [-0.05, 0) is 77.4 Å². The summed E-state index contributed by atoms with van der Waals surface area (Å²) in [6.45, 7) is 0. The van der Waals surface area contributed by atoms with Gasteiger partial charge in [0.15, 0.2) is 11.5 Å². The molecule has 10 aromatic rings. The molecular formula is C48H29FN2OS. The first-order chi connectivity index (χ1) is 26.2. The van der Waals surface area contributed by atoms with Crippen LogP contribution in [0.2, 0.25) is 0 Å². The summed E-state index contributed by atoms with van der Waals surface area (Å²) in [6, 6.07) is 60.9. The van der Waals surface area contributed by atoms with E-state index in [0.717, 1.165) is 55.7 Å². The van der Waals surface area contributed by atoms with E-state index in [4.69, 9.17) is 4.74 Å². The summed E-state index contributed by atoms with van der Waals surface area (Å²) in [5.74, 6) is 0.921. The van der Waals surface area contributed by atoms with E-state index in [0.29, 0.717) is 11.5 Å². The molecule has 0 saturated heterocycles. The van der Waals surface area contributed by atoms with E-state index < -0.39 is 0 Å². The molecule has 0 unspecified atom stereocenters. The summed E-state index contributed by atoms with van der Waals surface area (Å²) in [6.07, 6.45) is 0. The molecule has 0 aliphatic carbocycles. The SMILES string of the molecule is Fc1cc2c3c(c1)c1cccc(-c4ccc(N(c5ccc(-c6ccccc6)cc5)c5cccc6sc7ccccc7c56)cc4)c1n3-c1ccccc1O2. The molecule has 0 atom stereocenters. The zero-order valence-corrected chi connectivity index (χ0v) is 29.1. The fourth-order valence-corrected chi connectivity index (χ4v) is 9.24. The normalized spacial score (nSPS) is 12.0. The van der Waals surface area contributed by atoms with E-state index in [9.17, 15) is 0 Å². The molecule has 0 radical (unpaired) electrons. The highest BCUT2D eigenvalue weighted by Gasteiger charge is 2.26. The third-order valence-corrected chi connectivity index (χ3v) is 11.6. The quantitative estimate of drug-likeness (QED) is 0.178. The maximum absolute atomic E-state index is 15.0. The van der Waals surface area contributed by atoms with Crippen LogP contribution < -0.4 is 9.64 Å². The van der Waals surface area contributed by atoms with E-state index in [1.54, 1.807) is 6.07 Å². The molecule has 1 aliphatic rings. The van der Waals surface area contributed by atoms with Crippen LogP contribution in [-0.4, -0.2) is 4.57 Å². The Labute approximate surface area is 309 Å².